The predicted molar refractivity (Wildman–Crippen MR) is 132 cm³/mol. The summed E-state index contributed by atoms with van der Waals surface area (Å²) in [6.07, 6.45) is 5.39. The molecule has 0 saturated carbocycles. The number of fused-ring (bicyclic) bond motifs is 3. The molecule has 2 aliphatic heterocycles. The molecular weight excluding hydrogens is 470 g/mol. The highest BCUT2D eigenvalue weighted by Gasteiger charge is 2.35. The van der Waals surface area contributed by atoms with Gasteiger partial charge in [-0.05, 0) is 43.0 Å². The molecular formula is C26H30ClN3O5. The number of hydrogen-bond acceptors (Lipinski definition) is 5. The summed E-state index contributed by atoms with van der Waals surface area (Å²) in [5, 5.41) is 2.17. The van der Waals surface area contributed by atoms with E-state index in [0.717, 1.165) is 34.7 Å². The first-order valence-corrected chi connectivity index (χ1v) is 12.6. The fourth-order valence-electron chi connectivity index (χ4n) is 4.99. The standard InChI is InChI=1S/C26H30ClN3O5/c1-2-34-26(32)30-10-9-20-21-15-18(27)5-8-22(21)28-24(20)25(30)17-3-6-19(7-4-17)35-16-23(31)29-11-13-33-14-12-29/h3-4,6-8,15,18,25,28H,2,5,9-14,16H2,1H3. The van der Waals surface area contributed by atoms with Crippen molar-refractivity contribution in [1.82, 2.24) is 14.8 Å². The molecule has 0 radical (unpaired) electrons. The minimum absolute atomic E-state index is 0.0174. The summed E-state index contributed by atoms with van der Waals surface area (Å²) in [5.41, 5.74) is 3.12. The Hall–Kier alpha value is -2.97. The predicted octanol–water partition coefficient (Wildman–Crippen LogP) is 1.93. The van der Waals surface area contributed by atoms with Gasteiger partial charge in [-0.2, -0.15) is 0 Å². The van der Waals surface area contributed by atoms with E-state index in [-0.39, 0.29) is 30.0 Å². The first-order chi connectivity index (χ1) is 17.0. The second kappa shape index (κ2) is 10.3. The van der Waals surface area contributed by atoms with Gasteiger partial charge in [-0.3, -0.25) is 9.69 Å². The van der Waals surface area contributed by atoms with Crippen LogP contribution in [0.15, 0.2) is 24.3 Å². The molecule has 5 rings (SSSR count). The number of nitrogens with one attached hydrogen (secondary N) is 1. The number of benzene rings is 1. The molecule has 0 spiro atoms. The number of morpholine rings is 1. The van der Waals surface area contributed by atoms with Crippen LogP contribution in [0.5, 0.6) is 5.75 Å². The number of carbonyl (C=O) groups excluding carboxylic acids is 2. The Morgan fingerprint density at radius 3 is 2.69 bits per heavy atom. The van der Waals surface area contributed by atoms with Crippen molar-refractivity contribution in [1.29, 1.82) is 0 Å². The second-order valence-corrected chi connectivity index (χ2v) is 9.42. The van der Waals surface area contributed by atoms with Crippen molar-refractivity contribution >= 4 is 35.8 Å². The maximum absolute atomic E-state index is 12.9. The smallest absolute Gasteiger partial charge is 0.410 e. The van der Waals surface area contributed by atoms with Crippen LogP contribution in [0.25, 0.3) is 12.2 Å². The first kappa shape index (κ1) is 23.8. The van der Waals surface area contributed by atoms with E-state index >= 15 is 0 Å². The van der Waals surface area contributed by atoms with Crippen LogP contribution in [0.2, 0.25) is 0 Å². The van der Waals surface area contributed by atoms with Gasteiger partial charge < -0.3 is 24.1 Å². The van der Waals surface area contributed by atoms with Gasteiger partial charge in [0.05, 0.1) is 25.2 Å². The summed E-state index contributed by atoms with van der Waals surface area (Å²) < 4.78 is 16.4. The number of aromatic nitrogens is 1. The fourth-order valence-corrected chi connectivity index (χ4v) is 5.21. The molecule has 3 heterocycles. The van der Waals surface area contributed by atoms with Crippen molar-refractivity contribution in [3.8, 4) is 5.75 Å². The van der Waals surface area contributed by atoms with Crippen LogP contribution >= 0.6 is 11.6 Å². The van der Waals surface area contributed by atoms with Crippen molar-refractivity contribution in [3.05, 3.63) is 51.7 Å². The Bertz CT molecular complexity index is 1200. The molecule has 8 nitrogen and oxygen atoms in total. The van der Waals surface area contributed by atoms with E-state index in [4.69, 9.17) is 25.8 Å². The molecule has 186 valence electrons. The van der Waals surface area contributed by atoms with Crippen molar-refractivity contribution in [2.24, 2.45) is 0 Å². The van der Waals surface area contributed by atoms with Crippen molar-refractivity contribution in [3.63, 3.8) is 0 Å². The zero-order valence-corrected chi connectivity index (χ0v) is 20.6. The van der Waals surface area contributed by atoms with Gasteiger partial charge in [-0.15, -0.1) is 11.6 Å². The maximum Gasteiger partial charge on any atom is 0.410 e. The van der Waals surface area contributed by atoms with Gasteiger partial charge in [0.25, 0.3) is 5.91 Å². The number of nitrogens with zero attached hydrogens (tertiary/aromatic N) is 2. The van der Waals surface area contributed by atoms with Crippen LogP contribution in [-0.4, -0.2) is 78.2 Å². The summed E-state index contributed by atoms with van der Waals surface area (Å²) in [6.45, 7) is 4.96. The molecule has 1 N–H and O–H groups in total. The number of aromatic amines is 1. The largest absolute Gasteiger partial charge is 0.484 e. The Balaban J connectivity index is 1.40. The lowest BCUT2D eigenvalue weighted by Crippen LogP contribution is -2.43. The van der Waals surface area contributed by atoms with E-state index in [2.05, 4.69) is 17.1 Å². The molecule has 1 aliphatic carbocycles. The minimum atomic E-state index is -0.338. The van der Waals surface area contributed by atoms with E-state index in [1.54, 1.807) is 9.80 Å². The van der Waals surface area contributed by atoms with E-state index < -0.39 is 0 Å². The highest BCUT2D eigenvalue weighted by atomic mass is 35.5. The van der Waals surface area contributed by atoms with Crippen molar-refractivity contribution in [2.75, 3.05) is 46.1 Å². The van der Waals surface area contributed by atoms with Gasteiger partial charge >= 0.3 is 6.09 Å². The lowest BCUT2D eigenvalue weighted by Gasteiger charge is -2.35. The molecule has 0 bridgehead atoms. The van der Waals surface area contributed by atoms with Gasteiger partial charge in [0.15, 0.2) is 6.61 Å². The number of carbonyl (C=O) groups is 2. The second-order valence-electron chi connectivity index (χ2n) is 8.86. The molecule has 2 atom stereocenters. The van der Waals surface area contributed by atoms with Crippen LogP contribution in [0.4, 0.5) is 4.79 Å². The van der Waals surface area contributed by atoms with E-state index in [0.29, 0.717) is 45.2 Å². The first-order valence-electron chi connectivity index (χ1n) is 12.1. The van der Waals surface area contributed by atoms with E-state index in [1.807, 2.05) is 31.2 Å². The minimum Gasteiger partial charge on any atom is -0.484 e. The lowest BCUT2D eigenvalue weighted by atomic mass is 9.92. The molecule has 35 heavy (non-hydrogen) atoms. The highest BCUT2D eigenvalue weighted by Crippen LogP contribution is 2.34. The van der Waals surface area contributed by atoms with Crippen molar-refractivity contribution < 1.29 is 23.8 Å². The zero-order valence-electron chi connectivity index (χ0n) is 19.8. The Labute approximate surface area is 209 Å². The maximum atomic E-state index is 12.9. The Morgan fingerprint density at radius 2 is 1.94 bits per heavy atom. The molecule has 1 aromatic carbocycles. The molecule has 1 fully saturated rings. The van der Waals surface area contributed by atoms with E-state index in [1.165, 1.54) is 5.56 Å². The van der Waals surface area contributed by atoms with E-state index in [9.17, 15) is 9.59 Å². The van der Waals surface area contributed by atoms with Gasteiger partial charge in [-0.25, -0.2) is 4.79 Å². The van der Waals surface area contributed by atoms with Crippen LogP contribution in [0.1, 0.15) is 36.2 Å². The number of rotatable bonds is 5. The number of H-pyrrole nitrogens is 1. The summed E-state index contributed by atoms with van der Waals surface area (Å²) in [6, 6.07) is 7.25. The number of ether oxygens (including phenoxy) is 3. The lowest BCUT2D eigenvalue weighted by molar-refractivity contribution is -0.137. The summed E-state index contributed by atoms with van der Waals surface area (Å²) in [5.74, 6) is 0.552. The topological polar surface area (TPSA) is 84.1 Å². The Kier molecular flexibility index (Phi) is 7.02. The molecule has 9 heteroatoms. The van der Waals surface area contributed by atoms with Gasteiger partial charge in [0.1, 0.15) is 11.8 Å². The van der Waals surface area contributed by atoms with Crippen LogP contribution in [0, 0.1) is 0 Å². The van der Waals surface area contributed by atoms with Gasteiger partial charge in [0.2, 0.25) is 0 Å². The molecule has 1 saturated heterocycles. The number of alkyl halides is 1. The van der Waals surface area contributed by atoms with Crippen LogP contribution < -0.4 is 15.3 Å². The normalized spacial score (nSPS) is 21.3. The molecule has 2 amide bonds. The highest BCUT2D eigenvalue weighted by molar-refractivity contribution is 6.24. The Morgan fingerprint density at radius 1 is 1.17 bits per heavy atom. The quantitative estimate of drug-likeness (QED) is 0.635. The average molecular weight is 500 g/mol. The molecule has 3 aliphatic rings. The van der Waals surface area contributed by atoms with Gasteiger partial charge in [-0.1, -0.05) is 24.3 Å². The third-order valence-corrected chi connectivity index (χ3v) is 7.02. The third-order valence-electron chi connectivity index (χ3n) is 6.72. The van der Waals surface area contributed by atoms with Crippen LogP contribution in [0.3, 0.4) is 0 Å². The zero-order chi connectivity index (χ0) is 24.4. The fraction of sp³-hybridized carbons (Fsp3) is 0.462. The third kappa shape index (κ3) is 4.90. The monoisotopic (exact) mass is 499 g/mol. The SMILES string of the molecule is CCOC(=O)N1CCc2c([nH]c3c2=CC(Cl)CC=3)C1c1ccc(OCC(=O)N2CCOCC2)cc1. The summed E-state index contributed by atoms with van der Waals surface area (Å²) in [4.78, 5) is 32.3. The molecule has 2 aromatic rings. The van der Waals surface area contributed by atoms with Crippen molar-refractivity contribution in [2.45, 2.75) is 31.2 Å². The summed E-state index contributed by atoms with van der Waals surface area (Å²) >= 11 is 6.40. The number of amides is 2. The number of halogens is 1. The molecule has 2 unspecified atom stereocenters. The van der Waals surface area contributed by atoms with Crippen LogP contribution in [-0.2, 0) is 20.7 Å². The average Bonchev–Trinajstić information content (AvgIpc) is 3.25. The summed E-state index contributed by atoms with van der Waals surface area (Å²) in [7, 11) is 0. The van der Waals surface area contributed by atoms with Gasteiger partial charge in [0, 0.05) is 35.9 Å². The number of hydrogen-bond donors (Lipinski definition) is 1. The molecule has 1 aromatic heterocycles.